The van der Waals surface area contributed by atoms with Gasteiger partial charge in [0.25, 0.3) is 0 Å². The average Bonchev–Trinajstić information content (AvgIpc) is 2.45. The highest BCUT2D eigenvalue weighted by molar-refractivity contribution is 5.79. The molecule has 0 aliphatic carbocycles. The molecule has 0 fully saturated rings. The van der Waals surface area contributed by atoms with Gasteiger partial charge in [0.1, 0.15) is 6.29 Å². The zero-order chi connectivity index (χ0) is 16.9. The summed E-state index contributed by atoms with van der Waals surface area (Å²) >= 11 is 0. The van der Waals surface area contributed by atoms with Gasteiger partial charge in [0.05, 0.1) is 0 Å². The Morgan fingerprint density at radius 1 is 0.682 bits per heavy atom. The minimum Gasteiger partial charge on any atom is -0.298 e. The van der Waals surface area contributed by atoms with Gasteiger partial charge in [0.15, 0.2) is 6.29 Å². The molecule has 0 spiro atoms. The molecule has 0 unspecified atom stereocenters. The van der Waals surface area contributed by atoms with Gasteiger partial charge >= 0.3 is 0 Å². The predicted molar refractivity (Wildman–Crippen MR) is 92.1 cm³/mol. The van der Waals surface area contributed by atoms with Crippen LogP contribution in [0, 0.1) is 41.5 Å². The normalized spacial score (nSPS) is 9.73. The summed E-state index contributed by atoms with van der Waals surface area (Å²) in [6.07, 6.45) is 1.83. The van der Waals surface area contributed by atoms with E-state index in [1.165, 1.54) is 16.7 Å². The first-order valence-corrected chi connectivity index (χ1v) is 7.36. The second-order valence-corrected chi connectivity index (χ2v) is 5.77. The summed E-state index contributed by atoms with van der Waals surface area (Å²) in [5.41, 5.74) is 8.53. The van der Waals surface area contributed by atoms with Gasteiger partial charge in [-0.15, -0.1) is 0 Å². The molecule has 0 radical (unpaired) electrons. The van der Waals surface area contributed by atoms with Crippen LogP contribution < -0.4 is 0 Å². The lowest BCUT2D eigenvalue weighted by molar-refractivity contribution is 0.111. The largest absolute Gasteiger partial charge is 0.298 e. The van der Waals surface area contributed by atoms with Crippen molar-refractivity contribution in [1.82, 2.24) is 0 Å². The van der Waals surface area contributed by atoms with E-state index < -0.39 is 0 Å². The van der Waals surface area contributed by atoms with Crippen molar-refractivity contribution in [3.63, 3.8) is 0 Å². The van der Waals surface area contributed by atoms with Crippen molar-refractivity contribution in [3.05, 3.63) is 68.8 Å². The first-order valence-electron chi connectivity index (χ1n) is 7.36. The zero-order valence-electron chi connectivity index (χ0n) is 14.3. The maximum atomic E-state index is 10.6. The molecule has 0 heterocycles. The monoisotopic (exact) mass is 296 g/mol. The topological polar surface area (TPSA) is 34.1 Å². The fraction of sp³-hybridized carbons (Fsp3) is 0.300. The molecule has 0 aliphatic rings. The minimum absolute atomic E-state index is 0.799. The molecule has 0 atom stereocenters. The molecule has 2 aromatic rings. The summed E-state index contributed by atoms with van der Waals surface area (Å²) in [5, 5.41) is 0. The van der Waals surface area contributed by atoms with Crippen LogP contribution in [-0.4, -0.2) is 12.6 Å². The van der Waals surface area contributed by atoms with Gasteiger partial charge in [-0.2, -0.15) is 0 Å². The molecule has 2 nitrogen and oxygen atoms in total. The van der Waals surface area contributed by atoms with Crippen LogP contribution in [0.25, 0.3) is 0 Å². The van der Waals surface area contributed by atoms with Crippen molar-refractivity contribution in [3.8, 4) is 0 Å². The Bertz CT molecular complexity index is 674. The number of aryl methyl sites for hydroxylation is 4. The fourth-order valence-corrected chi connectivity index (χ4v) is 2.48. The van der Waals surface area contributed by atoms with Crippen LogP contribution in [0.5, 0.6) is 0 Å². The Morgan fingerprint density at radius 2 is 1.23 bits per heavy atom. The minimum atomic E-state index is 0.799. The van der Waals surface area contributed by atoms with E-state index in [9.17, 15) is 9.59 Å². The highest BCUT2D eigenvalue weighted by Gasteiger charge is 2.01. The quantitative estimate of drug-likeness (QED) is 0.742. The third-order valence-electron chi connectivity index (χ3n) is 4.08. The predicted octanol–water partition coefficient (Wildman–Crippen LogP) is 4.85. The maximum absolute atomic E-state index is 10.6. The van der Waals surface area contributed by atoms with Gasteiger partial charge in [-0.1, -0.05) is 29.8 Å². The molecule has 0 saturated heterocycles. The van der Waals surface area contributed by atoms with Crippen molar-refractivity contribution in [1.29, 1.82) is 0 Å². The summed E-state index contributed by atoms with van der Waals surface area (Å²) < 4.78 is 0. The Morgan fingerprint density at radius 3 is 1.68 bits per heavy atom. The number of carbonyl (C=O) groups excluding carboxylic acids is 2. The van der Waals surface area contributed by atoms with E-state index in [0.29, 0.717) is 0 Å². The molecule has 0 aliphatic heterocycles. The van der Waals surface area contributed by atoms with E-state index in [0.717, 1.165) is 40.4 Å². The van der Waals surface area contributed by atoms with Gasteiger partial charge in [0, 0.05) is 11.1 Å². The molecular formula is C20H24O2. The average molecular weight is 296 g/mol. The molecule has 2 rings (SSSR count). The van der Waals surface area contributed by atoms with Gasteiger partial charge < -0.3 is 0 Å². The molecule has 22 heavy (non-hydrogen) atoms. The van der Waals surface area contributed by atoms with Crippen molar-refractivity contribution in [2.24, 2.45) is 0 Å². The molecule has 0 bridgehead atoms. The van der Waals surface area contributed by atoms with Crippen LogP contribution in [0.3, 0.4) is 0 Å². The van der Waals surface area contributed by atoms with E-state index in [-0.39, 0.29) is 0 Å². The lowest BCUT2D eigenvalue weighted by Gasteiger charge is -2.05. The van der Waals surface area contributed by atoms with Crippen LogP contribution in [-0.2, 0) is 0 Å². The molecule has 0 saturated carbocycles. The highest BCUT2D eigenvalue weighted by atomic mass is 16.1. The number of aldehydes is 2. The molecule has 0 amide bonds. The van der Waals surface area contributed by atoms with Gasteiger partial charge in [-0.3, -0.25) is 9.59 Å². The third-order valence-corrected chi connectivity index (χ3v) is 4.08. The molecular weight excluding hydrogens is 272 g/mol. The third kappa shape index (κ3) is 4.14. The van der Waals surface area contributed by atoms with E-state index in [4.69, 9.17) is 0 Å². The second kappa shape index (κ2) is 7.69. The standard InChI is InChI=1S/2C10H12O/c1-7-4-8(2)10(6-11)9(3)5-7;1-7-4-5-10(6-11)9(3)8(7)2/h2*4-6H,1-3H3. The molecule has 2 aromatic carbocycles. The smallest absolute Gasteiger partial charge is 0.150 e. The van der Waals surface area contributed by atoms with Crippen molar-refractivity contribution in [2.45, 2.75) is 41.5 Å². The van der Waals surface area contributed by atoms with Crippen LogP contribution in [0.1, 0.15) is 54.1 Å². The van der Waals surface area contributed by atoms with E-state index >= 15 is 0 Å². The summed E-state index contributed by atoms with van der Waals surface area (Å²) in [6, 6.07) is 7.89. The Kier molecular flexibility index (Phi) is 6.24. The number of hydrogen-bond acceptors (Lipinski definition) is 2. The highest BCUT2D eigenvalue weighted by Crippen LogP contribution is 2.15. The summed E-state index contributed by atoms with van der Waals surface area (Å²) in [4.78, 5) is 21.1. The van der Waals surface area contributed by atoms with E-state index in [2.05, 4.69) is 6.92 Å². The summed E-state index contributed by atoms with van der Waals surface area (Å²) in [5.74, 6) is 0. The van der Waals surface area contributed by atoms with Crippen LogP contribution >= 0.6 is 0 Å². The SMILES string of the molecule is Cc1cc(C)c(C=O)c(C)c1.Cc1ccc(C=O)c(C)c1C. The Hall–Kier alpha value is -2.22. The lowest BCUT2D eigenvalue weighted by Crippen LogP contribution is -1.92. The van der Waals surface area contributed by atoms with Gasteiger partial charge in [0.2, 0.25) is 0 Å². The van der Waals surface area contributed by atoms with E-state index in [1.807, 2.05) is 58.9 Å². The number of rotatable bonds is 2. The van der Waals surface area contributed by atoms with E-state index in [1.54, 1.807) is 0 Å². The van der Waals surface area contributed by atoms with Crippen LogP contribution in [0.2, 0.25) is 0 Å². The van der Waals surface area contributed by atoms with Crippen LogP contribution in [0.4, 0.5) is 0 Å². The van der Waals surface area contributed by atoms with Gasteiger partial charge in [-0.25, -0.2) is 0 Å². The number of benzene rings is 2. The number of carbonyl (C=O) groups is 2. The molecule has 0 aromatic heterocycles. The van der Waals surface area contributed by atoms with Crippen LogP contribution in [0.15, 0.2) is 24.3 Å². The molecule has 116 valence electrons. The Labute approximate surface area is 133 Å². The zero-order valence-corrected chi connectivity index (χ0v) is 14.3. The summed E-state index contributed by atoms with van der Waals surface area (Å²) in [6.45, 7) is 12.0. The first-order chi connectivity index (χ1) is 10.3. The van der Waals surface area contributed by atoms with Crippen molar-refractivity contribution in [2.75, 3.05) is 0 Å². The second-order valence-electron chi connectivity index (χ2n) is 5.77. The summed E-state index contributed by atoms with van der Waals surface area (Å²) in [7, 11) is 0. The van der Waals surface area contributed by atoms with Gasteiger partial charge in [-0.05, 0) is 69.4 Å². The lowest BCUT2D eigenvalue weighted by atomic mass is 10.00. The number of hydrogen-bond donors (Lipinski definition) is 0. The molecule has 2 heteroatoms. The first kappa shape index (κ1) is 17.8. The molecule has 0 N–H and O–H groups in total. The Balaban J connectivity index is 0.000000220. The maximum Gasteiger partial charge on any atom is 0.150 e. The fourth-order valence-electron chi connectivity index (χ4n) is 2.48. The van der Waals surface area contributed by atoms with Crippen molar-refractivity contribution < 1.29 is 9.59 Å². The van der Waals surface area contributed by atoms with Crippen molar-refractivity contribution >= 4 is 12.6 Å².